The second-order valence-corrected chi connectivity index (χ2v) is 6.47. The van der Waals surface area contributed by atoms with Crippen LogP contribution < -0.4 is 15.6 Å². The number of aromatic nitrogens is 2. The Labute approximate surface area is 172 Å². The monoisotopic (exact) mass is 408 g/mol. The van der Waals surface area contributed by atoms with Gasteiger partial charge in [0.25, 0.3) is 11.2 Å². The second kappa shape index (κ2) is 9.46. The number of methoxy groups -OCH3 is 1. The number of anilines is 1. The van der Waals surface area contributed by atoms with Gasteiger partial charge in [-0.25, -0.2) is 4.68 Å². The lowest BCUT2D eigenvalue weighted by Crippen LogP contribution is -2.23. The summed E-state index contributed by atoms with van der Waals surface area (Å²) < 4.78 is 6.46. The summed E-state index contributed by atoms with van der Waals surface area (Å²) in [7, 11) is 1.59. The van der Waals surface area contributed by atoms with Crippen molar-refractivity contribution in [1.29, 1.82) is 0 Å². The summed E-state index contributed by atoms with van der Waals surface area (Å²) in [4.78, 5) is 34.5. The number of ether oxygens (including phenoxy) is 1. The van der Waals surface area contributed by atoms with Crippen LogP contribution in [0.4, 0.5) is 11.4 Å². The van der Waals surface area contributed by atoms with E-state index in [-0.39, 0.29) is 30.1 Å². The van der Waals surface area contributed by atoms with E-state index in [2.05, 4.69) is 10.4 Å². The number of hydrogen-bond acceptors (Lipinski definition) is 6. The first kappa shape index (κ1) is 20.7. The van der Waals surface area contributed by atoms with Gasteiger partial charge in [0.1, 0.15) is 5.75 Å². The average molecular weight is 408 g/mol. The number of nitrogens with zero attached hydrogens (tertiary/aromatic N) is 3. The third-order valence-electron chi connectivity index (χ3n) is 4.37. The summed E-state index contributed by atoms with van der Waals surface area (Å²) in [6.45, 7) is 0.269. The van der Waals surface area contributed by atoms with Crippen LogP contribution in [0.3, 0.4) is 0 Å². The minimum absolute atomic E-state index is 0.0982. The Morgan fingerprint density at radius 2 is 1.93 bits per heavy atom. The maximum Gasteiger partial charge on any atom is 0.271 e. The van der Waals surface area contributed by atoms with E-state index in [1.807, 2.05) is 24.3 Å². The van der Waals surface area contributed by atoms with Gasteiger partial charge >= 0.3 is 0 Å². The molecule has 0 unspecified atom stereocenters. The van der Waals surface area contributed by atoms with Crippen LogP contribution in [-0.4, -0.2) is 27.7 Å². The number of rotatable bonds is 8. The first-order chi connectivity index (χ1) is 14.5. The number of nitrogens with one attached hydrogen (secondary N) is 1. The molecule has 9 heteroatoms. The second-order valence-electron chi connectivity index (χ2n) is 6.47. The quantitative estimate of drug-likeness (QED) is 0.452. The molecule has 0 aliphatic carbocycles. The lowest BCUT2D eigenvalue weighted by molar-refractivity contribution is -0.384. The van der Waals surface area contributed by atoms with Crippen molar-refractivity contribution in [2.45, 2.75) is 19.4 Å². The Morgan fingerprint density at radius 1 is 1.17 bits per heavy atom. The smallest absolute Gasteiger partial charge is 0.271 e. The fraction of sp³-hybridized carbons (Fsp3) is 0.190. The van der Waals surface area contributed by atoms with Crippen LogP contribution in [0.15, 0.2) is 65.5 Å². The number of aryl methyl sites for hydroxylation is 1. The standard InChI is InChI=1S/C21H20N4O5/c1-30-18-9-7-15(8-10-18)19-11-12-21(27)24(23-19)13-3-6-20(26)22-16-4-2-5-17(14-16)25(28)29/h2,4-5,7-12,14H,3,6,13H2,1H3,(H,22,26). The molecule has 0 aliphatic rings. The van der Waals surface area contributed by atoms with Gasteiger partial charge in [-0.1, -0.05) is 6.07 Å². The number of non-ortho nitro benzene ring substituents is 1. The van der Waals surface area contributed by atoms with Gasteiger partial charge in [-0.2, -0.15) is 5.10 Å². The maximum absolute atomic E-state index is 12.1. The van der Waals surface area contributed by atoms with Gasteiger partial charge in [-0.05, 0) is 42.8 Å². The van der Waals surface area contributed by atoms with E-state index >= 15 is 0 Å². The number of amides is 1. The van der Waals surface area contributed by atoms with Crippen LogP contribution in [-0.2, 0) is 11.3 Å². The number of nitro benzene ring substituents is 1. The molecule has 1 aromatic heterocycles. The van der Waals surface area contributed by atoms with E-state index in [0.717, 1.165) is 11.3 Å². The van der Waals surface area contributed by atoms with Crippen molar-refractivity contribution in [3.8, 4) is 17.0 Å². The molecule has 0 aliphatic heterocycles. The number of carbonyl (C=O) groups excluding carboxylic acids is 1. The largest absolute Gasteiger partial charge is 0.497 e. The summed E-state index contributed by atoms with van der Waals surface area (Å²) in [6.07, 6.45) is 0.531. The van der Waals surface area contributed by atoms with Crippen molar-refractivity contribution in [2.24, 2.45) is 0 Å². The van der Waals surface area contributed by atoms with E-state index in [9.17, 15) is 19.7 Å². The molecule has 154 valence electrons. The van der Waals surface area contributed by atoms with Gasteiger partial charge in [0.15, 0.2) is 0 Å². The number of hydrogen-bond donors (Lipinski definition) is 1. The summed E-state index contributed by atoms with van der Waals surface area (Å²) in [6, 6.07) is 16.1. The molecule has 0 atom stereocenters. The molecule has 0 bridgehead atoms. The SMILES string of the molecule is COc1ccc(-c2ccc(=O)n(CCCC(=O)Nc3cccc([N+](=O)[O-])c3)n2)cc1. The molecule has 0 radical (unpaired) electrons. The molecule has 30 heavy (non-hydrogen) atoms. The van der Waals surface area contributed by atoms with Crippen molar-refractivity contribution in [3.05, 3.63) is 81.1 Å². The van der Waals surface area contributed by atoms with Crippen molar-refractivity contribution < 1.29 is 14.5 Å². The number of benzene rings is 2. The summed E-state index contributed by atoms with van der Waals surface area (Å²) in [5.41, 5.74) is 1.47. The minimum atomic E-state index is -0.524. The molecule has 0 fully saturated rings. The molecular formula is C21H20N4O5. The van der Waals surface area contributed by atoms with E-state index in [1.54, 1.807) is 19.2 Å². The van der Waals surface area contributed by atoms with Crippen LogP contribution in [0.5, 0.6) is 5.75 Å². The van der Waals surface area contributed by atoms with Gasteiger partial charge in [0, 0.05) is 42.4 Å². The van der Waals surface area contributed by atoms with Gasteiger partial charge < -0.3 is 10.1 Å². The molecular weight excluding hydrogens is 388 g/mol. The highest BCUT2D eigenvalue weighted by atomic mass is 16.6. The summed E-state index contributed by atoms with van der Waals surface area (Å²) in [5, 5.41) is 17.8. The Bertz CT molecular complexity index is 1110. The molecule has 9 nitrogen and oxygen atoms in total. The van der Waals surface area contributed by atoms with Gasteiger partial charge in [-0.3, -0.25) is 19.7 Å². The van der Waals surface area contributed by atoms with Crippen LogP contribution >= 0.6 is 0 Å². The topological polar surface area (TPSA) is 116 Å². The van der Waals surface area contributed by atoms with Crippen LogP contribution in [0.1, 0.15) is 12.8 Å². The van der Waals surface area contributed by atoms with Gasteiger partial charge in [0.05, 0.1) is 17.7 Å². The van der Waals surface area contributed by atoms with Gasteiger partial charge in [-0.15, -0.1) is 0 Å². The third kappa shape index (κ3) is 5.28. The van der Waals surface area contributed by atoms with Crippen molar-refractivity contribution >= 4 is 17.3 Å². The van der Waals surface area contributed by atoms with Crippen molar-refractivity contribution in [1.82, 2.24) is 9.78 Å². The lowest BCUT2D eigenvalue weighted by atomic mass is 10.1. The molecule has 3 aromatic rings. The zero-order chi connectivity index (χ0) is 21.5. The number of carbonyl (C=O) groups is 1. The Kier molecular flexibility index (Phi) is 6.53. The van der Waals surface area contributed by atoms with Crippen molar-refractivity contribution in [3.63, 3.8) is 0 Å². The molecule has 0 saturated carbocycles. The summed E-state index contributed by atoms with van der Waals surface area (Å²) in [5.74, 6) is 0.427. The van der Waals surface area contributed by atoms with Crippen LogP contribution in [0.2, 0.25) is 0 Å². The molecule has 3 rings (SSSR count). The van der Waals surface area contributed by atoms with Crippen molar-refractivity contribution in [2.75, 3.05) is 12.4 Å². The highest BCUT2D eigenvalue weighted by Gasteiger charge is 2.09. The van der Waals surface area contributed by atoms with Gasteiger partial charge in [0.2, 0.25) is 5.91 Å². The average Bonchev–Trinajstić information content (AvgIpc) is 2.75. The molecule has 1 N–H and O–H groups in total. The lowest BCUT2D eigenvalue weighted by Gasteiger charge is -2.08. The zero-order valence-corrected chi connectivity index (χ0v) is 16.3. The Hall–Kier alpha value is -4.01. The molecule has 1 amide bonds. The van der Waals surface area contributed by atoms with E-state index in [0.29, 0.717) is 17.8 Å². The Morgan fingerprint density at radius 3 is 2.63 bits per heavy atom. The van der Waals surface area contributed by atoms with E-state index in [1.165, 1.54) is 28.9 Å². The first-order valence-electron chi connectivity index (χ1n) is 9.23. The fourth-order valence-corrected chi connectivity index (χ4v) is 2.83. The van der Waals surface area contributed by atoms with E-state index in [4.69, 9.17) is 4.74 Å². The maximum atomic E-state index is 12.1. The predicted molar refractivity (Wildman–Crippen MR) is 111 cm³/mol. The molecule has 0 spiro atoms. The highest BCUT2D eigenvalue weighted by Crippen LogP contribution is 2.20. The zero-order valence-electron chi connectivity index (χ0n) is 16.3. The van der Waals surface area contributed by atoms with Crippen LogP contribution in [0, 0.1) is 10.1 Å². The highest BCUT2D eigenvalue weighted by molar-refractivity contribution is 5.90. The van der Waals surface area contributed by atoms with E-state index < -0.39 is 4.92 Å². The molecule has 1 heterocycles. The summed E-state index contributed by atoms with van der Waals surface area (Å²) >= 11 is 0. The first-order valence-corrected chi connectivity index (χ1v) is 9.23. The fourth-order valence-electron chi connectivity index (χ4n) is 2.83. The molecule has 2 aromatic carbocycles. The molecule has 0 saturated heterocycles. The number of nitro groups is 1. The normalized spacial score (nSPS) is 10.4. The Balaban J connectivity index is 1.60. The van der Waals surface area contributed by atoms with Crippen LogP contribution in [0.25, 0.3) is 11.3 Å². The third-order valence-corrected chi connectivity index (χ3v) is 4.37. The predicted octanol–water partition coefficient (Wildman–Crippen LogP) is 3.25. The minimum Gasteiger partial charge on any atom is -0.497 e.